The van der Waals surface area contributed by atoms with Crippen molar-refractivity contribution in [1.29, 1.82) is 0 Å². The van der Waals surface area contributed by atoms with Crippen LogP contribution in [0.4, 0.5) is 11.4 Å². The average molecular weight is 465 g/mol. The normalized spacial score (nSPS) is 18.8. The quantitative estimate of drug-likeness (QED) is 0.710. The zero-order chi connectivity index (χ0) is 24.2. The second-order valence-corrected chi connectivity index (χ2v) is 8.99. The Hall–Kier alpha value is -3.39. The van der Waals surface area contributed by atoms with Gasteiger partial charge in [0.25, 0.3) is 0 Å². The standard InChI is InChI=1S/C26H32N4O4/c1-18-7-6-8-19(2)25(18)27-23(31)17-28-11-13-29(14-12-28)26(33)20-15-24(32)30(16-20)21-9-4-5-10-22(21)34-3/h4-10,20H,11-17H2,1-3H3,(H,27,31). The molecule has 8 nitrogen and oxygen atoms in total. The molecular weight excluding hydrogens is 432 g/mol. The van der Waals surface area contributed by atoms with Crippen LogP contribution in [0.5, 0.6) is 5.75 Å². The molecule has 1 N–H and O–H groups in total. The van der Waals surface area contributed by atoms with Gasteiger partial charge in [-0.15, -0.1) is 0 Å². The number of amides is 3. The summed E-state index contributed by atoms with van der Waals surface area (Å²) in [5, 5.41) is 3.02. The molecule has 1 atom stereocenters. The molecule has 2 aliphatic rings. The first-order valence-electron chi connectivity index (χ1n) is 11.7. The molecule has 180 valence electrons. The monoisotopic (exact) mass is 464 g/mol. The van der Waals surface area contributed by atoms with Crippen LogP contribution in [0.25, 0.3) is 0 Å². The van der Waals surface area contributed by atoms with Gasteiger partial charge in [-0.2, -0.15) is 0 Å². The zero-order valence-corrected chi connectivity index (χ0v) is 20.0. The van der Waals surface area contributed by atoms with E-state index in [1.165, 1.54) is 0 Å². The number of rotatable bonds is 6. The van der Waals surface area contributed by atoms with E-state index < -0.39 is 0 Å². The molecule has 8 heteroatoms. The summed E-state index contributed by atoms with van der Waals surface area (Å²) >= 11 is 0. The number of carbonyl (C=O) groups excluding carboxylic acids is 3. The Morgan fingerprint density at radius 2 is 1.68 bits per heavy atom. The molecule has 0 bridgehead atoms. The summed E-state index contributed by atoms with van der Waals surface area (Å²) in [6.45, 7) is 6.97. The second-order valence-electron chi connectivity index (χ2n) is 8.99. The van der Waals surface area contributed by atoms with Gasteiger partial charge >= 0.3 is 0 Å². The summed E-state index contributed by atoms with van der Waals surface area (Å²) in [5.74, 6) is 0.147. The molecule has 3 amide bonds. The number of anilines is 2. The van der Waals surface area contributed by atoms with Crippen LogP contribution in [0, 0.1) is 19.8 Å². The number of ether oxygens (including phenoxy) is 1. The minimum Gasteiger partial charge on any atom is -0.495 e. The Labute approximate surface area is 200 Å². The van der Waals surface area contributed by atoms with E-state index in [0.29, 0.717) is 50.7 Å². The highest BCUT2D eigenvalue weighted by atomic mass is 16.5. The van der Waals surface area contributed by atoms with Crippen molar-refractivity contribution in [1.82, 2.24) is 9.80 Å². The van der Waals surface area contributed by atoms with Gasteiger partial charge in [-0.1, -0.05) is 30.3 Å². The van der Waals surface area contributed by atoms with Crippen molar-refractivity contribution in [2.45, 2.75) is 20.3 Å². The van der Waals surface area contributed by atoms with Crippen molar-refractivity contribution < 1.29 is 19.1 Å². The first-order valence-corrected chi connectivity index (χ1v) is 11.7. The zero-order valence-electron chi connectivity index (χ0n) is 20.0. The molecule has 34 heavy (non-hydrogen) atoms. The highest BCUT2D eigenvalue weighted by molar-refractivity contribution is 6.01. The van der Waals surface area contributed by atoms with Crippen molar-refractivity contribution in [2.24, 2.45) is 5.92 Å². The first-order chi connectivity index (χ1) is 16.4. The molecule has 2 saturated heterocycles. The number of benzene rings is 2. The third kappa shape index (κ3) is 5.07. The van der Waals surface area contributed by atoms with Crippen LogP contribution in [0.3, 0.4) is 0 Å². The summed E-state index contributed by atoms with van der Waals surface area (Å²) in [4.78, 5) is 43.9. The molecular formula is C26H32N4O4. The van der Waals surface area contributed by atoms with Crippen molar-refractivity contribution in [3.63, 3.8) is 0 Å². The van der Waals surface area contributed by atoms with E-state index in [4.69, 9.17) is 4.74 Å². The van der Waals surface area contributed by atoms with Gasteiger partial charge < -0.3 is 19.9 Å². The Kier molecular flexibility index (Phi) is 7.17. The lowest BCUT2D eigenvalue weighted by Gasteiger charge is -2.35. The molecule has 2 aromatic rings. The maximum atomic E-state index is 13.1. The van der Waals surface area contributed by atoms with Crippen LogP contribution in [-0.4, -0.2) is 73.9 Å². The Morgan fingerprint density at radius 1 is 1.00 bits per heavy atom. The molecule has 2 aliphatic heterocycles. The topological polar surface area (TPSA) is 82.2 Å². The SMILES string of the molecule is COc1ccccc1N1CC(C(=O)N2CCN(CC(=O)Nc3c(C)cccc3C)CC2)CC1=O. The van der Waals surface area contributed by atoms with Crippen molar-refractivity contribution >= 4 is 29.1 Å². The van der Waals surface area contributed by atoms with Crippen LogP contribution >= 0.6 is 0 Å². The van der Waals surface area contributed by atoms with Crippen molar-refractivity contribution in [3.05, 3.63) is 53.6 Å². The molecule has 0 saturated carbocycles. The van der Waals surface area contributed by atoms with Crippen LogP contribution in [0.15, 0.2) is 42.5 Å². The minimum absolute atomic E-state index is 0.00499. The minimum atomic E-state index is -0.365. The number of hydrogen-bond donors (Lipinski definition) is 1. The summed E-state index contributed by atoms with van der Waals surface area (Å²) in [7, 11) is 1.57. The lowest BCUT2D eigenvalue weighted by molar-refractivity contribution is -0.137. The Bertz CT molecular complexity index is 1060. The van der Waals surface area contributed by atoms with Gasteiger partial charge in [0.1, 0.15) is 5.75 Å². The Morgan fingerprint density at radius 3 is 2.35 bits per heavy atom. The summed E-state index contributed by atoms with van der Waals surface area (Å²) < 4.78 is 5.38. The van der Waals surface area contributed by atoms with Gasteiger partial charge in [0.05, 0.1) is 25.3 Å². The van der Waals surface area contributed by atoms with Crippen molar-refractivity contribution in [3.8, 4) is 5.75 Å². The predicted molar refractivity (Wildman–Crippen MR) is 131 cm³/mol. The van der Waals surface area contributed by atoms with Gasteiger partial charge in [-0.3, -0.25) is 19.3 Å². The van der Waals surface area contributed by atoms with Gasteiger partial charge in [0.15, 0.2) is 0 Å². The molecule has 0 aliphatic carbocycles. The molecule has 0 radical (unpaired) electrons. The average Bonchev–Trinajstić information content (AvgIpc) is 3.23. The van der Waals surface area contributed by atoms with E-state index in [1.54, 1.807) is 12.0 Å². The third-order valence-corrected chi connectivity index (χ3v) is 6.65. The molecule has 0 aromatic heterocycles. The van der Waals surface area contributed by atoms with Crippen molar-refractivity contribution in [2.75, 3.05) is 56.6 Å². The Balaban J connectivity index is 1.29. The van der Waals surface area contributed by atoms with Gasteiger partial charge in [0.2, 0.25) is 17.7 Å². The molecule has 2 heterocycles. The van der Waals surface area contributed by atoms with Crippen LogP contribution in [0.1, 0.15) is 17.5 Å². The summed E-state index contributed by atoms with van der Waals surface area (Å²) in [6.07, 6.45) is 0.204. The number of carbonyl (C=O) groups is 3. The molecule has 2 aromatic carbocycles. The number of hydrogen-bond acceptors (Lipinski definition) is 5. The molecule has 1 unspecified atom stereocenters. The number of nitrogens with zero attached hydrogens (tertiary/aromatic N) is 3. The van der Waals surface area contributed by atoms with Gasteiger partial charge in [-0.05, 0) is 37.1 Å². The predicted octanol–water partition coefficient (Wildman–Crippen LogP) is 2.45. The fourth-order valence-electron chi connectivity index (χ4n) is 4.74. The largest absolute Gasteiger partial charge is 0.495 e. The fourth-order valence-corrected chi connectivity index (χ4v) is 4.74. The summed E-state index contributed by atoms with van der Waals surface area (Å²) in [6, 6.07) is 13.3. The number of methoxy groups -OCH3 is 1. The second kappa shape index (κ2) is 10.3. The molecule has 2 fully saturated rings. The van der Waals surface area contributed by atoms with Crippen LogP contribution in [-0.2, 0) is 14.4 Å². The highest BCUT2D eigenvalue weighted by Crippen LogP contribution is 2.33. The maximum Gasteiger partial charge on any atom is 0.238 e. The lowest BCUT2D eigenvalue weighted by Crippen LogP contribution is -2.52. The lowest BCUT2D eigenvalue weighted by atomic mass is 10.1. The molecule has 0 spiro atoms. The van der Waals surface area contributed by atoms with Gasteiger partial charge in [-0.25, -0.2) is 0 Å². The van der Waals surface area contributed by atoms with E-state index in [1.807, 2.05) is 61.2 Å². The van der Waals surface area contributed by atoms with Gasteiger partial charge in [0, 0.05) is 44.8 Å². The fraction of sp³-hybridized carbons (Fsp3) is 0.423. The summed E-state index contributed by atoms with van der Waals surface area (Å²) in [5.41, 5.74) is 3.64. The maximum absolute atomic E-state index is 13.1. The van der Waals surface area contributed by atoms with E-state index in [0.717, 1.165) is 16.8 Å². The number of aryl methyl sites for hydroxylation is 2. The number of piperazine rings is 1. The third-order valence-electron chi connectivity index (χ3n) is 6.65. The first kappa shape index (κ1) is 23.8. The van der Waals surface area contributed by atoms with E-state index in [9.17, 15) is 14.4 Å². The van der Waals surface area contributed by atoms with E-state index >= 15 is 0 Å². The smallest absolute Gasteiger partial charge is 0.238 e. The number of nitrogens with one attached hydrogen (secondary N) is 1. The number of para-hydroxylation sites is 3. The molecule has 4 rings (SSSR count). The van der Waals surface area contributed by atoms with E-state index in [2.05, 4.69) is 10.2 Å². The van der Waals surface area contributed by atoms with Crippen LogP contribution < -0.4 is 15.0 Å². The highest BCUT2D eigenvalue weighted by Gasteiger charge is 2.38. The van der Waals surface area contributed by atoms with E-state index in [-0.39, 0.29) is 30.1 Å². The van der Waals surface area contributed by atoms with Crippen LogP contribution in [0.2, 0.25) is 0 Å².